The highest BCUT2D eigenvalue weighted by molar-refractivity contribution is 5.05. The minimum atomic E-state index is -0.899. The lowest BCUT2D eigenvalue weighted by Crippen LogP contribution is -2.34. The summed E-state index contributed by atoms with van der Waals surface area (Å²) in [4.78, 5) is 27.9. The Bertz CT molecular complexity index is 646. The van der Waals surface area contributed by atoms with Gasteiger partial charge in [-0.05, 0) is 5.53 Å². The van der Waals surface area contributed by atoms with E-state index in [9.17, 15) is 14.7 Å². The maximum atomic E-state index is 11.7. The number of aromatic nitrogens is 2. The van der Waals surface area contributed by atoms with Crippen molar-refractivity contribution in [3.05, 3.63) is 43.0 Å². The Hall–Kier alpha value is -2.13. The molecule has 0 amide bonds. The minimum Gasteiger partial charge on any atom is -0.394 e. The number of hydrogen-bond acceptors (Lipinski definition) is 6. The van der Waals surface area contributed by atoms with Crippen LogP contribution < -0.4 is 11.2 Å². The molecular weight excluding hydrogens is 270 g/mol. The Morgan fingerprint density at radius 2 is 2.35 bits per heavy atom. The zero-order valence-corrected chi connectivity index (χ0v) is 10.3. The number of hydrogen-bond donors (Lipinski definition) is 3. The van der Waals surface area contributed by atoms with Crippen LogP contribution in [0.4, 0.5) is 0 Å². The molecule has 0 bridgehead atoms. The SMILES string of the molecule is [N-]=[N+]=NCc1cn([C@H]2C[C@H](O)[C@@H](CO)O2)c(=O)[nH]c1=O. The molecule has 0 saturated carbocycles. The van der Waals surface area contributed by atoms with Crippen LogP contribution in [0.25, 0.3) is 10.4 Å². The normalized spacial score (nSPS) is 25.4. The molecule has 108 valence electrons. The first-order valence-electron chi connectivity index (χ1n) is 5.86. The molecule has 1 aromatic heterocycles. The van der Waals surface area contributed by atoms with Crippen molar-refractivity contribution in [2.24, 2.45) is 5.11 Å². The molecule has 1 aliphatic heterocycles. The molecule has 20 heavy (non-hydrogen) atoms. The highest BCUT2D eigenvalue weighted by Gasteiger charge is 2.35. The Balaban J connectivity index is 2.35. The number of nitrogens with zero attached hydrogens (tertiary/aromatic N) is 4. The van der Waals surface area contributed by atoms with Gasteiger partial charge in [-0.15, -0.1) is 0 Å². The van der Waals surface area contributed by atoms with E-state index in [1.807, 2.05) is 0 Å². The fraction of sp³-hybridized carbons (Fsp3) is 0.600. The van der Waals surface area contributed by atoms with Gasteiger partial charge < -0.3 is 14.9 Å². The first-order chi connectivity index (χ1) is 9.56. The molecular formula is C10H13N5O5. The fourth-order valence-corrected chi connectivity index (χ4v) is 2.01. The van der Waals surface area contributed by atoms with Crippen LogP contribution in [0.15, 0.2) is 20.9 Å². The summed E-state index contributed by atoms with van der Waals surface area (Å²) in [5, 5.41) is 21.9. The van der Waals surface area contributed by atoms with Gasteiger partial charge in [-0.2, -0.15) is 0 Å². The third-order valence-corrected chi connectivity index (χ3v) is 3.04. The Morgan fingerprint density at radius 1 is 1.60 bits per heavy atom. The van der Waals surface area contributed by atoms with Crippen LogP contribution >= 0.6 is 0 Å². The first-order valence-corrected chi connectivity index (χ1v) is 5.86. The summed E-state index contributed by atoms with van der Waals surface area (Å²) in [5.74, 6) is 0. The number of rotatable bonds is 4. The summed E-state index contributed by atoms with van der Waals surface area (Å²) in [6.07, 6.45) is -1.13. The van der Waals surface area contributed by atoms with Gasteiger partial charge in [0.2, 0.25) is 0 Å². The molecule has 0 radical (unpaired) electrons. The monoisotopic (exact) mass is 283 g/mol. The maximum absolute atomic E-state index is 11.7. The number of ether oxygens (including phenoxy) is 1. The largest absolute Gasteiger partial charge is 0.394 e. The molecule has 0 spiro atoms. The molecule has 1 saturated heterocycles. The van der Waals surface area contributed by atoms with Gasteiger partial charge in [0.15, 0.2) is 0 Å². The van der Waals surface area contributed by atoms with Crippen LogP contribution in [0.3, 0.4) is 0 Å². The second-order valence-corrected chi connectivity index (χ2v) is 4.32. The van der Waals surface area contributed by atoms with Crippen molar-refractivity contribution in [3.8, 4) is 0 Å². The molecule has 1 aliphatic rings. The highest BCUT2D eigenvalue weighted by atomic mass is 16.5. The molecule has 1 fully saturated rings. The van der Waals surface area contributed by atoms with Gasteiger partial charge in [-0.3, -0.25) is 14.3 Å². The second-order valence-electron chi connectivity index (χ2n) is 4.32. The standard InChI is InChI=1S/C10H13N5O5/c11-14-12-2-5-3-15(10(19)13-9(5)18)8-1-6(17)7(4-16)20-8/h3,6-8,16-17H,1-2,4H2,(H,13,18,19)/t6-,7+,8+/m0/s1. The van der Waals surface area contributed by atoms with Gasteiger partial charge in [0.1, 0.15) is 12.3 Å². The Morgan fingerprint density at radius 3 is 2.95 bits per heavy atom. The zero-order chi connectivity index (χ0) is 14.7. The summed E-state index contributed by atoms with van der Waals surface area (Å²) in [6.45, 7) is -0.577. The smallest absolute Gasteiger partial charge is 0.330 e. The van der Waals surface area contributed by atoms with Crippen molar-refractivity contribution in [3.63, 3.8) is 0 Å². The topological polar surface area (TPSA) is 153 Å². The number of aromatic amines is 1. The lowest BCUT2D eigenvalue weighted by atomic mass is 10.2. The predicted molar refractivity (Wildman–Crippen MR) is 65.8 cm³/mol. The molecule has 2 heterocycles. The molecule has 10 heteroatoms. The first kappa shape index (κ1) is 14.3. The molecule has 3 N–H and O–H groups in total. The van der Waals surface area contributed by atoms with Crippen LogP contribution in [0.5, 0.6) is 0 Å². The molecule has 0 unspecified atom stereocenters. The van der Waals surface area contributed by atoms with Gasteiger partial charge in [-0.25, -0.2) is 4.79 Å². The summed E-state index contributed by atoms with van der Waals surface area (Å²) in [7, 11) is 0. The van der Waals surface area contributed by atoms with Crippen molar-refractivity contribution >= 4 is 0 Å². The third-order valence-electron chi connectivity index (χ3n) is 3.04. The van der Waals surface area contributed by atoms with Gasteiger partial charge >= 0.3 is 5.69 Å². The summed E-state index contributed by atoms with van der Waals surface area (Å²) in [6, 6.07) is 0. The second kappa shape index (κ2) is 5.88. The zero-order valence-electron chi connectivity index (χ0n) is 10.3. The van der Waals surface area contributed by atoms with E-state index in [1.165, 1.54) is 6.20 Å². The van der Waals surface area contributed by atoms with Gasteiger partial charge in [0.05, 0.1) is 19.3 Å². The number of azide groups is 1. The number of H-pyrrole nitrogens is 1. The number of nitrogens with one attached hydrogen (secondary N) is 1. The van der Waals surface area contributed by atoms with Crippen molar-refractivity contribution in [2.75, 3.05) is 6.61 Å². The summed E-state index contributed by atoms with van der Waals surface area (Å²) < 4.78 is 6.43. The van der Waals surface area contributed by atoms with Crippen LogP contribution in [0, 0.1) is 0 Å². The minimum absolute atomic E-state index is 0.105. The average Bonchev–Trinajstić information content (AvgIpc) is 2.79. The molecule has 10 nitrogen and oxygen atoms in total. The van der Waals surface area contributed by atoms with Gasteiger partial charge in [0, 0.05) is 23.1 Å². The number of aliphatic hydroxyl groups is 2. The Kier molecular flexibility index (Phi) is 4.20. The van der Waals surface area contributed by atoms with E-state index in [4.69, 9.17) is 15.4 Å². The van der Waals surface area contributed by atoms with Crippen LogP contribution in [0.1, 0.15) is 18.2 Å². The van der Waals surface area contributed by atoms with Crippen LogP contribution in [0.2, 0.25) is 0 Å². The van der Waals surface area contributed by atoms with E-state index in [-0.39, 0.29) is 25.1 Å². The maximum Gasteiger partial charge on any atom is 0.330 e. The highest BCUT2D eigenvalue weighted by Crippen LogP contribution is 2.27. The predicted octanol–water partition coefficient (Wildman–Crippen LogP) is -1.01. The van der Waals surface area contributed by atoms with Crippen LogP contribution in [-0.2, 0) is 11.3 Å². The molecule has 0 aliphatic carbocycles. The van der Waals surface area contributed by atoms with Crippen LogP contribution in [-0.4, -0.2) is 38.6 Å². The van der Waals surface area contributed by atoms with E-state index >= 15 is 0 Å². The summed E-state index contributed by atoms with van der Waals surface area (Å²) >= 11 is 0. The molecule has 2 rings (SSSR count). The lowest BCUT2D eigenvalue weighted by Gasteiger charge is -2.14. The van der Waals surface area contributed by atoms with Gasteiger partial charge in [-0.1, -0.05) is 5.11 Å². The summed E-state index contributed by atoms with van der Waals surface area (Å²) in [5.41, 5.74) is 7.01. The van der Waals surface area contributed by atoms with E-state index in [1.54, 1.807) is 0 Å². The number of aliphatic hydroxyl groups excluding tert-OH is 2. The molecule has 3 atom stereocenters. The van der Waals surface area contributed by atoms with Crippen molar-refractivity contribution in [1.29, 1.82) is 0 Å². The fourth-order valence-electron chi connectivity index (χ4n) is 2.01. The van der Waals surface area contributed by atoms with Crippen molar-refractivity contribution in [1.82, 2.24) is 9.55 Å². The van der Waals surface area contributed by atoms with Crippen molar-refractivity contribution < 1.29 is 14.9 Å². The van der Waals surface area contributed by atoms with Crippen molar-refractivity contribution in [2.45, 2.75) is 31.4 Å². The van der Waals surface area contributed by atoms with Gasteiger partial charge in [0.25, 0.3) is 5.56 Å². The molecule has 0 aromatic carbocycles. The van der Waals surface area contributed by atoms with E-state index in [0.29, 0.717) is 0 Å². The molecule has 1 aromatic rings. The average molecular weight is 283 g/mol. The van der Waals surface area contributed by atoms with E-state index < -0.39 is 29.7 Å². The lowest BCUT2D eigenvalue weighted by molar-refractivity contribution is -0.0459. The van der Waals surface area contributed by atoms with E-state index in [2.05, 4.69) is 15.0 Å². The Labute approximate surface area is 111 Å². The van der Waals surface area contributed by atoms with E-state index in [0.717, 1.165) is 4.57 Å². The quantitative estimate of drug-likeness (QED) is 0.367. The third kappa shape index (κ3) is 2.73.